The van der Waals surface area contributed by atoms with Crippen LogP contribution < -0.4 is 0 Å². The molecule has 0 unspecified atom stereocenters. The molecule has 0 aliphatic rings. The van der Waals surface area contributed by atoms with Crippen LogP contribution in [0.3, 0.4) is 0 Å². The van der Waals surface area contributed by atoms with E-state index >= 15 is 0 Å². The largest absolute Gasteiger partial charge is 0.308 e. The van der Waals surface area contributed by atoms with Crippen molar-refractivity contribution >= 4 is 32.3 Å². The molecule has 0 spiro atoms. The maximum absolute atomic E-state index is 4.37. The molecule has 3 heteroatoms. The van der Waals surface area contributed by atoms with Crippen LogP contribution in [-0.4, -0.2) is 9.55 Å². The lowest BCUT2D eigenvalue weighted by molar-refractivity contribution is 1.15. The van der Waals surface area contributed by atoms with Crippen LogP contribution in [0.4, 0.5) is 0 Å². The van der Waals surface area contributed by atoms with Crippen molar-refractivity contribution in [2.45, 2.75) is 0 Å². The van der Waals surface area contributed by atoms with E-state index < -0.39 is 0 Å². The van der Waals surface area contributed by atoms with Crippen LogP contribution in [-0.2, 0) is 0 Å². The fourth-order valence-corrected chi connectivity index (χ4v) is 5.05. The Morgan fingerprint density at radius 2 is 1.50 bits per heavy atom. The lowest BCUT2D eigenvalue weighted by Crippen LogP contribution is -1.98. The summed E-state index contributed by atoms with van der Waals surface area (Å²) in [6.07, 6.45) is 3.77. The molecule has 0 bridgehead atoms. The Labute approximate surface area is 178 Å². The smallest absolute Gasteiger partial charge is 0.0646 e. The summed E-state index contributed by atoms with van der Waals surface area (Å²) in [5.74, 6) is 0. The van der Waals surface area contributed by atoms with E-state index in [4.69, 9.17) is 0 Å². The minimum Gasteiger partial charge on any atom is -0.308 e. The second-order valence-electron chi connectivity index (χ2n) is 7.37. The SMILES string of the molecule is c1ccc(-c2cc(-n3c(-c4cccnc4)cc4ccccc43)c3sccc3c2)cc1. The average Bonchev–Trinajstić information content (AvgIpc) is 3.44. The highest BCUT2D eigenvalue weighted by Crippen LogP contribution is 2.38. The second kappa shape index (κ2) is 6.97. The zero-order valence-corrected chi connectivity index (χ0v) is 17.0. The molecule has 0 N–H and O–H groups in total. The van der Waals surface area contributed by atoms with Crippen LogP contribution in [0.5, 0.6) is 0 Å². The Bertz CT molecular complexity index is 1480. The molecule has 2 nitrogen and oxygen atoms in total. The Morgan fingerprint density at radius 3 is 2.37 bits per heavy atom. The molecule has 0 amide bonds. The van der Waals surface area contributed by atoms with Crippen molar-refractivity contribution in [2.75, 3.05) is 0 Å². The zero-order valence-electron chi connectivity index (χ0n) is 16.2. The van der Waals surface area contributed by atoms with Gasteiger partial charge >= 0.3 is 0 Å². The van der Waals surface area contributed by atoms with Crippen LogP contribution >= 0.6 is 11.3 Å². The normalized spacial score (nSPS) is 11.3. The monoisotopic (exact) mass is 402 g/mol. The Balaban J connectivity index is 1.71. The van der Waals surface area contributed by atoms with Crippen molar-refractivity contribution in [3.8, 4) is 28.1 Å². The van der Waals surface area contributed by atoms with Crippen molar-refractivity contribution < 1.29 is 0 Å². The van der Waals surface area contributed by atoms with Gasteiger partial charge in [-0.05, 0) is 64.4 Å². The highest BCUT2D eigenvalue weighted by Gasteiger charge is 2.16. The first kappa shape index (κ1) is 17.2. The van der Waals surface area contributed by atoms with Crippen LogP contribution in [0, 0.1) is 0 Å². The quantitative estimate of drug-likeness (QED) is 0.298. The van der Waals surface area contributed by atoms with E-state index in [1.165, 1.54) is 37.8 Å². The number of benzene rings is 3. The van der Waals surface area contributed by atoms with E-state index in [0.717, 1.165) is 11.3 Å². The van der Waals surface area contributed by atoms with Crippen molar-refractivity contribution in [1.29, 1.82) is 0 Å². The standard InChI is InChI=1S/C27H18N2S/c1-2-7-19(8-3-1)23-15-21-12-14-30-27(21)26(17-23)29-24-11-5-4-9-20(24)16-25(29)22-10-6-13-28-18-22/h1-18H. The lowest BCUT2D eigenvalue weighted by Gasteiger charge is -2.14. The summed E-state index contributed by atoms with van der Waals surface area (Å²) >= 11 is 1.79. The number of nitrogens with zero attached hydrogens (tertiary/aromatic N) is 2. The van der Waals surface area contributed by atoms with Gasteiger partial charge in [0.25, 0.3) is 0 Å². The third-order valence-corrected chi connectivity index (χ3v) is 6.50. The first-order valence-electron chi connectivity index (χ1n) is 9.96. The third-order valence-electron chi connectivity index (χ3n) is 5.55. The maximum atomic E-state index is 4.37. The second-order valence-corrected chi connectivity index (χ2v) is 8.28. The Morgan fingerprint density at radius 1 is 0.667 bits per heavy atom. The lowest BCUT2D eigenvalue weighted by atomic mass is 10.0. The molecule has 0 aliphatic heterocycles. The highest BCUT2D eigenvalue weighted by atomic mass is 32.1. The number of thiophene rings is 1. The van der Waals surface area contributed by atoms with E-state index in [1.807, 2.05) is 18.5 Å². The number of fused-ring (bicyclic) bond motifs is 2. The van der Waals surface area contributed by atoms with Gasteiger partial charge in [-0.25, -0.2) is 0 Å². The van der Waals surface area contributed by atoms with E-state index in [9.17, 15) is 0 Å². The summed E-state index contributed by atoms with van der Waals surface area (Å²) < 4.78 is 3.68. The number of hydrogen-bond donors (Lipinski definition) is 0. The van der Waals surface area contributed by atoms with Crippen LogP contribution in [0.15, 0.2) is 109 Å². The number of pyridine rings is 1. The summed E-state index contributed by atoms with van der Waals surface area (Å²) in [6, 6.07) is 32.4. The predicted molar refractivity (Wildman–Crippen MR) is 127 cm³/mol. The van der Waals surface area contributed by atoms with Gasteiger partial charge in [0, 0.05) is 23.3 Å². The van der Waals surface area contributed by atoms with E-state index in [0.29, 0.717) is 0 Å². The van der Waals surface area contributed by atoms with Gasteiger partial charge in [-0.2, -0.15) is 0 Å². The molecule has 3 aromatic heterocycles. The van der Waals surface area contributed by atoms with Gasteiger partial charge in [0.05, 0.1) is 21.6 Å². The maximum Gasteiger partial charge on any atom is 0.0646 e. The van der Waals surface area contributed by atoms with Crippen molar-refractivity contribution in [1.82, 2.24) is 9.55 Å². The Hall–Kier alpha value is -3.69. The fraction of sp³-hybridized carbons (Fsp3) is 0. The number of rotatable bonds is 3. The molecule has 30 heavy (non-hydrogen) atoms. The molecule has 0 radical (unpaired) electrons. The predicted octanol–water partition coefficient (Wildman–Crippen LogP) is 7.57. The topological polar surface area (TPSA) is 17.8 Å². The molecule has 0 saturated carbocycles. The average molecular weight is 403 g/mol. The van der Waals surface area contributed by atoms with Gasteiger partial charge in [-0.15, -0.1) is 11.3 Å². The molecule has 0 fully saturated rings. The molecule has 6 aromatic rings. The van der Waals surface area contributed by atoms with Gasteiger partial charge in [0.1, 0.15) is 0 Å². The van der Waals surface area contributed by atoms with Crippen molar-refractivity contribution in [3.63, 3.8) is 0 Å². The van der Waals surface area contributed by atoms with Gasteiger partial charge in [0.2, 0.25) is 0 Å². The van der Waals surface area contributed by atoms with Crippen molar-refractivity contribution in [2.24, 2.45) is 0 Å². The van der Waals surface area contributed by atoms with Gasteiger partial charge in [0.15, 0.2) is 0 Å². The number of aromatic nitrogens is 2. The minimum absolute atomic E-state index is 1.11. The molecule has 0 aliphatic carbocycles. The van der Waals surface area contributed by atoms with Gasteiger partial charge in [-0.1, -0.05) is 48.5 Å². The summed E-state index contributed by atoms with van der Waals surface area (Å²) in [4.78, 5) is 4.37. The molecule has 6 rings (SSSR count). The summed E-state index contributed by atoms with van der Waals surface area (Å²) in [6.45, 7) is 0. The first-order chi connectivity index (χ1) is 14.9. The highest BCUT2D eigenvalue weighted by molar-refractivity contribution is 7.17. The summed E-state index contributed by atoms with van der Waals surface area (Å²) in [5, 5.41) is 4.68. The summed E-state index contributed by atoms with van der Waals surface area (Å²) in [5.41, 5.74) is 7.14. The number of hydrogen-bond acceptors (Lipinski definition) is 2. The Kier molecular flexibility index (Phi) is 4.00. The van der Waals surface area contributed by atoms with Crippen LogP contribution in [0.2, 0.25) is 0 Å². The van der Waals surface area contributed by atoms with Crippen LogP contribution in [0.1, 0.15) is 0 Å². The molecule has 0 saturated heterocycles. The minimum atomic E-state index is 1.11. The molecule has 3 heterocycles. The zero-order chi connectivity index (χ0) is 19.9. The van der Waals surface area contributed by atoms with E-state index in [2.05, 4.69) is 99.9 Å². The molecule has 0 atom stereocenters. The van der Waals surface area contributed by atoms with E-state index in [-0.39, 0.29) is 0 Å². The van der Waals surface area contributed by atoms with E-state index in [1.54, 1.807) is 11.3 Å². The van der Waals surface area contributed by atoms with Gasteiger partial charge < -0.3 is 4.57 Å². The molecular weight excluding hydrogens is 384 g/mol. The van der Waals surface area contributed by atoms with Gasteiger partial charge in [-0.3, -0.25) is 4.98 Å². The molecule has 3 aromatic carbocycles. The van der Waals surface area contributed by atoms with Crippen molar-refractivity contribution in [3.05, 3.63) is 109 Å². The fourth-order valence-electron chi connectivity index (χ4n) is 4.17. The number of para-hydroxylation sites is 1. The van der Waals surface area contributed by atoms with Crippen LogP contribution in [0.25, 0.3) is 49.1 Å². The third kappa shape index (κ3) is 2.75. The molecule has 142 valence electrons. The first-order valence-corrected chi connectivity index (χ1v) is 10.8. The molecular formula is C27H18N2S. The summed E-state index contributed by atoms with van der Waals surface area (Å²) in [7, 11) is 0.